The van der Waals surface area contributed by atoms with Crippen LogP contribution >= 0.6 is 0 Å². The van der Waals surface area contributed by atoms with E-state index in [1.165, 1.54) is 0 Å². The Labute approximate surface area is 74.0 Å². The molecular formula is C6H7Li2. The van der Waals surface area contributed by atoms with Crippen LogP contribution in [0.25, 0.3) is 0 Å². The van der Waals surface area contributed by atoms with Gasteiger partial charge in [0.25, 0.3) is 0 Å². The summed E-state index contributed by atoms with van der Waals surface area (Å²) >= 11 is 0. The zero-order valence-corrected chi connectivity index (χ0v) is 3.39. The van der Waals surface area contributed by atoms with Crippen LogP contribution in [0.15, 0.2) is 30.3 Å². The molecule has 0 aliphatic rings. The molecule has 0 aromatic heterocycles. The molecule has 0 bridgehead atoms. The van der Waals surface area contributed by atoms with E-state index in [9.17, 15) is 0 Å². The molecule has 1 aromatic carbocycles. The normalized spacial score (nSPS) is 6.00. The fraction of sp³-hybridized carbons (Fsp3) is 0. The molecule has 0 N–H and O–H groups in total. The van der Waals surface area contributed by atoms with Crippen molar-refractivity contribution in [2.24, 2.45) is 0 Å². The third-order valence-corrected chi connectivity index (χ3v) is 0.607. The third kappa shape index (κ3) is 4.57. The van der Waals surface area contributed by atoms with Crippen molar-refractivity contribution in [3.63, 3.8) is 0 Å². The first kappa shape index (κ1) is 11.2. The minimum atomic E-state index is 0. The van der Waals surface area contributed by atoms with Gasteiger partial charge < -0.3 is 0 Å². The van der Waals surface area contributed by atoms with Crippen molar-refractivity contribution < 1.29 is 0 Å². The van der Waals surface area contributed by atoms with Crippen molar-refractivity contribution in [1.29, 1.82) is 0 Å². The largest absolute Gasteiger partial charge is 0.0622 e. The molecule has 1 rings (SSSR count). The summed E-state index contributed by atoms with van der Waals surface area (Å²) < 4.78 is 0. The van der Waals surface area contributed by atoms with Gasteiger partial charge in [-0.05, 0) is 6.07 Å². The molecule has 0 saturated carbocycles. The number of hydrogen-bond acceptors (Lipinski definition) is 0. The van der Waals surface area contributed by atoms with Gasteiger partial charge in [-0.25, -0.2) is 0 Å². The second-order valence-corrected chi connectivity index (χ2v) is 1.08. The van der Waals surface area contributed by atoms with Crippen LogP contribution in [-0.4, -0.2) is 37.7 Å². The summed E-state index contributed by atoms with van der Waals surface area (Å²) in [6.07, 6.45) is 0. The molecule has 0 spiro atoms. The molecule has 0 nitrogen and oxygen atoms in total. The van der Waals surface area contributed by atoms with Crippen LogP contribution in [0.3, 0.4) is 0 Å². The first-order valence-electron chi connectivity index (χ1n) is 1.91. The van der Waals surface area contributed by atoms with Crippen molar-refractivity contribution in [2.75, 3.05) is 0 Å². The maximum absolute atomic E-state index is 2.89. The van der Waals surface area contributed by atoms with Crippen molar-refractivity contribution >= 4 is 37.7 Å². The van der Waals surface area contributed by atoms with Crippen molar-refractivity contribution in [2.45, 2.75) is 0 Å². The van der Waals surface area contributed by atoms with Crippen LogP contribution < -0.4 is 0 Å². The minimum absolute atomic E-state index is 0. The number of rotatable bonds is 0. The maximum atomic E-state index is 2.89. The summed E-state index contributed by atoms with van der Waals surface area (Å²) in [5.41, 5.74) is 0. The molecule has 1 aromatic rings. The van der Waals surface area contributed by atoms with Gasteiger partial charge in [0.15, 0.2) is 0 Å². The van der Waals surface area contributed by atoms with E-state index in [2.05, 4.69) is 6.07 Å². The molecule has 0 atom stereocenters. The predicted molar refractivity (Wildman–Crippen MR) is 39.6 cm³/mol. The van der Waals surface area contributed by atoms with Crippen molar-refractivity contribution in [3.8, 4) is 0 Å². The Hall–Kier alpha value is 0.415. The molecule has 0 unspecified atom stereocenters. The fourth-order valence-electron chi connectivity index (χ4n) is 0.342. The fourth-order valence-corrected chi connectivity index (χ4v) is 0.342. The first-order valence-corrected chi connectivity index (χ1v) is 1.91. The monoisotopic (exact) mass is 93.1 g/mol. The summed E-state index contributed by atoms with van der Waals surface area (Å²) in [5, 5.41) is 0. The zero-order valence-electron chi connectivity index (χ0n) is 3.39. The molecule has 0 saturated heterocycles. The molecule has 0 aliphatic heterocycles. The molecule has 0 heterocycles. The Morgan fingerprint density at radius 1 is 0.750 bits per heavy atom. The maximum Gasteiger partial charge on any atom is -0.0184 e. The van der Waals surface area contributed by atoms with Gasteiger partial charge in [-0.1, -0.05) is 30.3 Å². The number of hydrogen-bond donors (Lipinski definition) is 0. The van der Waals surface area contributed by atoms with Gasteiger partial charge >= 0.3 is 37.7 Å². The molecule has 0 fully saturated rings. The molecular weight excluding hydrogens is 85.9 g/mol. The van der Waals surface area contributed by atoms with Gasteiger partial charge in [0.1, 0.15) is 0 Å². The van der Waals surface area contributed by atoms with E-state index in [4.69, 9.17) is 0 Å². The van der Waals surface area contributed by atoms with Crippen LogP contribution in [0.4, 0.5) is 0 Å². The van der Waals surface area contributed by atoms with E-state index >= 15 is 0 Å². The molecule has 0 aliphatic carbocycles. The second kappa shape index (κ2) is 7.41. The van der Waals surface area contributed by atoms with Gasteiger partial charge in [0, 0.05) is 0 Å². The molecule has 0 amide bonds. The van der Waals surface area contributed by atoms with E-state index in [0.29, 0.717) is 0 Å². The van der Waals surface area contributed by atoms with Gasteiger partial charge in [0.05, 0.1) is 0 Å². The predicted octanol–water partition coefficient (Wildman–Crippen LogP) is 0.190. The van der Waals surface area contributed by atoms with Gasteiger partial charge in [0.2, 0.25) is 0 Å². The average Bonchev–Trinajstić information content (AvgIpc) is 1.72. The summed E-state index contributed by atoms with van der Waals surface area (Å²) in [4.78, 5) is 0. The standard InChI is InChI=1S/C6H5.2Li.2H/c1-2-4-6-5-3-1;;;;/h1-5H;;;;. The summed E-state index contributed by atoms with van der Waals surface area (Å²) in [5.74, 6) is 0. The van der Waals surface area contributed by atoms with E-state index < -0.39 is 0 Å². The van der Waals surface area contributed by atoms with E-state index in [1.54, 1.807) is 0 Å². The van der Waals surface area contributed by atoms with E-state index in [1.807, 2.05) is 30.3 Å². The summed E-state index contributed by atoms with van der Waals surface area (Å²) in [6, 6.07) is 12.5. The topological polar surface area (TPSA) is 0 Å². The Bertz CT molecular complexity index is 78.5. The average molecular weight is 93.0 g/mol. The SMILES string of the molecule is [LiH].[LiH].[c]1ccccc1. The molecule has 8 heavy (non-hydrogen) atoms. The Balaban J connectivity index is 0. The first-order chi connectivity index (χ1) is 3.00. The second-order valence-electron chi connectivity index (χ2n) is 1.08. The van der Waals surface area contributed by atoms with Crippen LogP contribution in [0, 0.1) is 6.07 Å². The number of benzene rings is 1. The molecule has 33 valence electrons. The zero-order chi connectivity index (χ0) is 4.24. The molecule has 2 heteroatoms. The Morgan fingerprint density at radius 3 is 1.38 bits per heavy atom. The minimum Gasteiger partial charge on any atom is -0.0622 e. The Morgan fingerprint density at radius 2 is 1.25 bits per heavy atom. The van der Waals surface area contributed by atoms with Crippen LogP contribution in [0.5, 0.6) is 0 Å². The van der Waals surface area contributed by atoms with Gasteiger partial charge in [-0.15, -0.1) is 0 Å². The summed E-state index contributed by atoms with van der Waals surface area (Å²) in [7, 11) is 0. The molecule has 1 radical (unpaired) electrons. The summed E-state index contributed by atoms with van der Waals surface area (Å²) in [6.45, 7) is 0. The van der Waals surface area contributed by atoms with Gasteiger partial charge in [-0.3, -0.25) is 0 Å². The van der Waals surface area contributed by atoms with Crippen molar-refractivity contribution in [3.05, 3.63) is 36.4 Å². The third-order valence-electron chi connectivity index (χ3n) is 0.607. The van der Waals surface area contributed by atoms with E-state index in [0.717, 1.165) is 0 Å². The van der Waals surface area contributed by atoms with Crippen LogP contribution in [0.1, 0.15) is 0 Å². The van der Waals surface area contributed by atoms with Crippen LogP contribution in [0.2, 0.25) is 0 Å². The van der Waals surface area contributed by atoms with Crippen molar-refractivity contribution in [1.82, 2.24) is 0 Å². The van der Waals surface area contributed by atoms with E-state index in [-0.39, 0.29) is 37.7 Å². The van der Waals surface area contributed by atoms with Gasteiger partial charge in [-0.2, -0.15) is 0 Å². The Kier molecular flexibility index (Phi) is 10.4. The smallest absolute Gasteiger partial charge is 0.0184 e. The quantitative estimate of drug-likeness (QED) is 0.401. The van der Waals surface area contributed by atoms with Crippen LogP contribution in [-0.2, 0) is 0 Å².